The van der Waals surface area contributed by atoms with Crippen LogP contribution in [0.25, 0.3) is 0 Å². The van der Waals surface area contributed by atoms with Crippen molar-refractivity contribution >= 4 is 15.9 Å². The van der Waals surface area contributed by atoms with Crippen molar-refractivity contribution in [1.29, 1.82) is 0 Å². The molecule has 1 heterocycles. The highest BCUT2D eigenvalue weighted by molar-refractivity contribution is 7.89. The van der Waals surface area contributed by atoms with Crippen LogP contribution in [0.3, 0.4) is 0 Å². The van der Waals surface area contributed by atoms with Gasteiger partial charge in [0.2, 0.25) is 15.9 Å². The molecule has 1 aliphatic rings. The predicted molar refractivity (Wildman–Crippen MR) is 87.9 cm³/mol. The van der Waals surface area contributed by atoms with Crippen LogP contribution in [0, 0.1) is 6.92 Å². The molecule has 6 nitrogen and oxygen atoms in total. The standard InChI is InChI=1S/C16H24N2O4S/c1-4-22-14-7-8-15(12(2)10-14)23(20,21)17-13(3)11-18-9-5-6-16(18)19/h7-8,10,13,17H,4-6,9,11H2,1-3H3/t13-/m0/s1. The maximum atomic E-state index is 12.5. The molecule has 0 radical (unpaired) electrons. The molecule has 0 spiro atoms. The van der Waals surface area contributed by atoms with Crippen molar-refractivity contribution in [3.05, 3.63) is 23.8 Å². The quantitative estimate of drug-likeness (QED) is 0.819. The number of nitrogens with zero attached hydrogens (tertiary/aromatic N) is 1. The molecule has 1 aromatic carbocycles. The van der Waals surface area contributed by atoms with Gasteiger partial charge in [0.1, 0.15) is 5.75 Å². The molecular formula is C16H24N2O4S. The molecule has 0 bridgehead atoms. The number of ether oxygens (including phenoxy) is 1. The Kier molecular flexibility index (Phi) is 5.64. The molecule has 1 aliphatic heterocycles. The lowest BCUT2D eigenvalue weighted by atomic mass is 10.2. The molecule has 0 unspecified atom stereocenters. The zero-order valence-corrected chi connectivity index (χ0v) is 14.6. The van der Waals surface area contributed by atoms with Gasteiger partial charge in [-0.15, -0.1) is 0 Å². The van der Waals surface area contributed by atoms with Crippen LogP contribution in [0.1, 0.15) is 32.3 Å². The lowest BCUT2D eigenvalue weighted by Gasteiger charge is -2.22. The third-order valence-electron chi connectivity index (χ3n) is 3.77. The second kappa shape index (κ2) is 7.31. The average molecular weight is 340 g/mol. The second-order valence-electron chi connectivity index (χ2n) is 5.83. The molecule has 1 saturated heterocycles. The third kappa shape index (κ3) is 4.45. The smallest absolute Gasteiger partial charge is 0.241 e. The van der Waals surface area contributed by atoms with Crippen molar-refractivity contribution < 1.29 is 17.9 Å². The van der Waals surface area contributed by atoms with E-state index in [1.165, 1.54) is 0 Å². The summed E-state index contributed by atoms with van der Waals surface area (Å²) in [5.74, 6) is 0.743. The lowest BCUT2D eigenvalue weighted by molar-refractivity contribution is -0.127. The summed E-state index contributed by atoms with van der Waals surface area (Å²) in [6.45, 7) is 7.02. The van der Waals surface area contributed by atoms with Crippen molar-refractivity contribution in [2.75, 3.05) is 19.7 Å². The largest absolute Gasteiger partial charge is 0.494 e. The van der Waals surface area contributed by atoms with Crippen molar-refractivity contribution in [3.63, 3.8) is 0 Å². The van der Waals surface area contributed by atoms with E-state index in [2.05, 4.69) is 4.72 Å². The summed E-state index contributed by atoms with van der Waals surface area (Å²) >= 11 is 0. The number of likely N-dealkylation sites (tertiary alicyclic amines) is 1. The number of hydrogen-bond acceptors (Lipinski definition) is 4. The van der Waals surface area contributed by atoms with Gasteiger partial charge in [-0.05, 0) is 51.0 Å². The number of carbonyl (C=O) groups excluding carboxylic acids is 1. The highest BCUT2D eigenvalue weighted by Gasteiger charge is 2.25. The maximum absolute atomic E-state index is 12.5. The molecule has 1 aromatic rings. The summed E-state index contributed by atoms with van der Waals surface area (Å²) in [6, 6.07) is 4.58. The Hall–Kier alpha value is -1.60. The summed E-state index contributed by atoms with van der Waals surface area (Å²) in [5, 5.41) is 0. The summed E-state index contributed by atoms with van der Waals surface area (Å²) in [7, 11) is -3.62. The van der Waals surface area contributed by atoms with E-state index in [1.54, 1.807) is 36.9 Å². The van der Waals surface area contributed by atoms with Gasteiger partial charge >= 0.3 is 0 Å². The monoisotopic (exact) mass is 340 g/mol. The molecule has 1 atom stereocenters. The second-order valence-corrected chi connectivity index (χ2v) is 7.51. The van der Waals surface area contributed by atoms with Crippen LogP contribution in [0.15, 0.2) is 23.1 Å². The molecule has 1 N–H and O–H groups in total. The number of benzene rings is 1. The average Bonchev–Trinajstić information content (AvgIpc) is 2.83. The van der Waals surface area contributed by atoms with Crippen LogP contribution in [0.5, 0.6) is 5.75 Å². The Labute approximate surface area is 137 Å². The molecule has 0 saturated carbocycles. The van der Waals surface area contributed by atoms with E-state index in [1.807, 2.05) is 6.92 Å². The molecular weight excluding hydrogens is 316 g/mol. The number of aryl methyl sites for hydroxylation is 1. The van der Waals surface area contributed by atoms with E-state index in [0.717, 1.165) is 6.42 Å². The lowest BCUT2D eigenvalue weighted by Crippen LogP contribution is -2.42. The fraction of sp³-hybridized carbons (Fsp3) is 0.562. The first-order valence-electron chi connectivity index (χ1n) is 7.87. The van der Waals surface area contributed by atoms with Crippen molar-refractivity contribution in [3.8, 4) is 5.75 Å². The molecule has 128 valence electrons. The highest BCUT2D eigenvalue weighted by Crippen LogP contribution is 2.21. The Morgan fingerprint density at radius 1 is 1.39 bits per heavy atom. The van der Waals surface area contributed by atoms with E-state index in [9.17, 15) is 13.2 Å². The number of hydrogen-bond donors (Lipinski definition) is 1. The highest BCUT2D eigenvalue weighted by atomic mass is 32.2. The number of sulfonamides is 1. The minimum atomic E-state index is -3.62. The van der Waals surface area contributed by atoms with E-state index < -0.39 is 10.0 Å². The number of carbonyl (C=O) groups is 1. The van der Waals surface area contributed by atoms with Crippen LogP contribution in [0.2, 0.25) is 0 Å². The van der Waals surface area contributed by atoms with E-state index in [4.69, 9.17) is 4.74 Å². The predicted octanol–water partition coefficient (Wildman–Crippen LogP) is 1.68. The van der Waals surface area contributed by atoms with Crippen LogP contribution in [-0.2, 0) is 14.8 Å². The molecule has 7 heteroatoms. The van der Waals surface area contributed by atoms with Crippen molar-refractivity contribution in [2.24, 2.45) is 0 Å². The molecule has 2 rings (SSSR count). The first kappa shape index (κ1) is 17.7. The summed E-state index contributed by atoms with van der Waals surface area (Å²) in [4.78, 5) is 13.6. The van der Waals surface area contributed by atoms with Gasteiger partial charge in [0.05, 0.1) is 11.5 Å². The fourth-order valence-corrected chi connectivity index (χ4v) is 4.23. The van der Waals surface area contributed by atoms with Gasteiger partial charge in [-0.1, -0.05) is 0 Å². The minimum absolute atomic E-state index is 0.0910. The van der Waals surface area contributed by atoms with Gasteiger partial charge in [-0.2, -0.15) is 0 Å². The van der Waals surface area contributed by atoms with Gasteiger partial charge in [-0.3, -0.25) is 4.79 Å². The molecule has 0 aliphatic carbocycles. The SMILES string of the molecule is CCOc1ccc(S(=O)(=O)N[C@@H](C)CN2CCCC2=O)c(C)c1. The topological polar surface area (TPSA) is 75.7 Å². The minimum Gasteiger partial charge on any atom is -0.494 e. The Bertz CT molecular complexity index is 673. The maximum Gasteiger partial charge on any atom is 0.241 e. The molecule has 0 aromatic heterocycles. The summed E-state index contributed by atoms with van der Waals surface area (Å²) in [6.07, 6.45) is 1.40. The van der Waals surface area contributed by atoms with E-state index in [0.29, 0.717) is 37.4 Å². The molecule has 1 fully saturated rings. The first-order chi connectivity index (χ1) is 10.8. The van der Waals surface area contributed by atoms with Crippen LogP contribution in [0.4, 0.5) is 0 Å². The zero-order chi connectivity index (χ0) is 17.0. The van der Waals surface area contributed by atoms with E-state index in [-0.39, 0.29) is 16.8 Å². The summed E-state index contributed by atoms with van der Waals surface area (Å²) < 4.78 is 33.1. The van der Waals surface area contributed by atoms with Crippen molar-refractivity contribution in [2.45, 2.75) is 44.6 Å². The van der Waals surface area contributed by atoms with E-state index >= 15 is 0 Å². The zero-order valence-electron chi connectivity index (χ0n) is 13.8. The number of nitrogens with one attached hydrogen (secondary N) is 1. The van der Waals surface area contributed by atoms with Gasteiger partial charge < -0.3 is 9.64 Å². The number of amides is 1. The molecule has 1 amide bonds. The van der Waals surface area contributed by atoms with Gasteiger partial charge in [0.15, 0.2) is 0 Å². The Morgan fingerprint density at radius 3 is 2.70 bits per heavy atom. The number of rotatable bonds is 7. The van der Waals surface area contributed by atoms with Gasteiger partial charge in [-0.25, -0.2) is 13.1 Å². The first-order valence-corrected chi connectivity index (χ1v) is 9.35. The van der Waals surface area contributed by atoms with Gasteiger partial charge in [0.25, 0.3) is 0 Å². The molecule has 23 heavy (non-hydrogen) atoms. The third-order valence-corrected chi connectivity index (χ3v) is 5.52. The Balaban J connectivity index is 2.07. The summed E-state index contributed by atoms with van der Waals surface area (Å²) in [5.41, 5.74) is 0.632. The van der Waals surface area contributed by atoms with Crippen LogP contribution in [-0.4, -0.2) is 45.0 Å². The normalized spacial score (nSPS) is 16.7. The fourth-order valence-electron chi connectivity index (χ4n) is 2.77. The Morgan fingerprint density at radius 2 is 2.13 bits per heavy atom. The van der Waals surface area contributed by atoms with Crippen LogP contribution >= 0.6 is 0 Å². The van der Waals surface area contributed by atoms with Crippen LogP contribution < -0.4 is 9.46 Å². The van der Waals surface area contributed by atoms with Crippen molar-refractivity contribution in [1.82, 2.24) is 9.62 Å². The van der Waals surface area contributed by atoms with Gasteiger partial charge in [0, 0.05) is 25.6 Å².